The predicted molar refractivity (Wildman–Crippen MR) is 92.0 cm³/mol. The first kappa shape index (κ1) is 14.9. The van der Waals surface area contributed by atoms with Crippen LogP contribution in [0.1, 0.15) is 29.1 Å². The Balaban J connectivity index is 1.82. The van der Waals surface area contributed by atoms with Crippen molar-refractivity contribution < 1.29 is 9.47 Å². The number of thiazole rings is 1. The third-order valence-corrected chi connectivity index (χ3v) is 4.65. The summed E-state index contributed by atoms with van der Waals surface area (Å²) in [7, 11) is 3.32. The van der Waals surface area contributed by atoms with Gasteiger partial charge in [0.1, 0.15) is 21.5 Å². The van der Waals surface area contributed by atoms with Gasteiger partial charge >= 0.3 is 0 Å². The van der Waals surface area contributed by atoms with Gasteiger partial charge in [-0.05, 0) is 43.0 Å². The second kappa shape index (κ2) is 6.83. The van der Waals surface area contributed by atoms with E-state index in [1.54, 1.807) is 25.6 Å². The quantitative estimate of drug-likeness (QED) is 0.923. The van der Waals surface area contributed by atoms with Crippen molar-refractivity contribution in [2.24, 2.45) is 0 Å². The van der Waals surface area contributed by atoms with E-state index in [1.807, 2.05) is 24.3 Å². The molecule has 0 atom stereocenters. The number of nitrogens with one attached hydrogen (secondary N) is 1. The summed E-state index contributed by atoms with van der Waals surface area (Å²) < 4.78 is 10.6. The van der Waals surface area contributed by atoms with Crippen LogP contribution >= 0.6 is 11.3 Å². The summed E-state index contributed by atoms with van der Waals surface area (Å²) in [6.45, 7) is 1.05. The lowest BCUT2D eigenvalue weighted by atomic mass is 10.2. The maximum Gasteiger partial charge on any atom is 0.123 e. The van der Waals surface area contributed by atoms with Crippen molar-refractivity contribution in [3.05, 3.63) is 34.5 Å². The lowest BCUT2D eigenvalue weighted by molar-refractivity contribution is 0.394. The number of benzene rings is 1. The summed E-state index contributed by atoms with van der Waals surface area (Å²) in [5, 5.41) is 5.71. The number of fused-ring (bicyclic) bond motifs is 1. The van der Waals surface area contributed by atoms with E-state index in [2.05, 4.69) is 11.4 Å². The van der Waals surface area contributed by atoms with E-state index in [4.69, 9.17) is 14.5 Å². The molecule has 5 heteroatoms. The summed E-state index contributed by atoms with van der Waals surface area (Å²) in [6.07, 6.45) is 7.59. The van der Waals surface area contributed by atoms with E-state index in [-0.39, 0.29) is 0 Å². The van der Waals surface area contributed by atoms with Gasteiger partial charge in [-0.3, -0.25) is 0 Å². The van der Waals surface area contributed by atoms with Crippen molar-refractivity contribution >= 4 is 28.5 Å². The van der Waals surface area contributed by atoms with E-state index in [1.165, 1.54) is 23.5 Å². The molecule has 22 heavy (non-hydrogen) atoms. The minimum absolute atomic E-state index is 0.788. The molecule has 0 bridgehead atoms. The highest BCUT2D eigenvalue weighted by molar-refractivity contribution is 7.16. The van der Waals surface area contributed by atoms with Crippen LogP contribution < -0.4 is 14.8 Å². The van der Waals surface area contributed by atoms with E-state index < -0.39 is 0 Å². The minimum Gasteiger partial charge on any atom is -0.497 e. The second-order valence-corrected chi connectivity index (χ2v) is 6.22. The largest absolute Gasteiger partial charge is 0.497 e. The lowest BCUT2D eigenvalue weighted by Gasteiger charge is -2.05. The number of hydrogen-bond acceptors (Lipinski definition) is 5. The van der Waals surface area contributed by atoms with Gasteiger partial charge < -0.3 is 14.8 Å². The Bertz CT molecular complexity index is 634. The molecular weight excluding hydrogens is 296 g/mol. The molecule has 1 aromatic heterocycles. The molecule has 0 saturated heterocycles. The minimum atomic E-state index is 0.788. The summed E-state index contributed by atoms with van der Waals surface area (Å²) in [4.78, 5) is 4.72. The number of methoxy groups -OCH3 is 2. The molecule has 1 N–H and O–H groups in total. The van der Waals surface area contributed by atoms with Crippen LogP contribution in [0.5, 0.6) is 11.5 Å². The third-order valence-electron chi connectivity index (χ3n) is 3.63. The van der Waals surface area contributed by atoms with Gasteiger partial charge in [-0.2, -0.15) is 0 Å². The number of anilines is 1. The molecule has 0 unspecified atom stereocenters. The average molecular weight is 316 g/mol. The van der Waals surface area contributed by atoms with Gasteiger partial charge in [0.05, 0.1) is 19.9 Å². The Labute approximate surface area is 134 Å². The first-order chi connectivity index (χ1) is 10.8. The zero-order chi connectivity index (χ0) is 15.4. The van der Waals surface area contributed by atoms with E-state index in [9.17, 15) is 0 Å². The molecule has 0 spiro atoms. The molecule has 0 amide bonds. The molecule has 1 aromatic carbocycles. The Morgan fingerprint density at radius 1 is 1.09 bits per heavy atom. The number of aromatic nitrogens is 1. The number of hydrogen-bond donors (Lipinski definition) is 1. The van der Waals surface area contributed by atoms with Crippen molar-refractivity contribution in [2.75, 3.05) is 26.1 Å². The SMILES string of the molecule is COc1cc(/C=C/c2nc3c(s2)NCCCC3)cc(OC)c1. The van der Waals surface area contributed by atoms with Crippen molar-refractivity contribution in [3.8, 4) is 11.5 Å². The molecule has 1 aliphatic rings. The van der Waals surface area contributed by atoms with Gasteiger partial charge in [0.25, 0.3) is 0 Å². The first-order valence-electron chi connectivity index (χ1n) is 7.43. The number of rotatable bonds is 4. The highest BCUT2D eigenvalue weighted by atomic mass is 32.1. The highest BCUT2D eigenvalue weighted by Crippen LogP contribution is 2.30. The molecule has 3 rings (SSSR count). The molecule has 0 radical (unpaired) electrons. The van der Waals surface area contributed by atoms with Crippen LogP contribution in [0.4, 0.5) is 5.00 Å². The molecular formula is C17H20N2O2S. The summed E-state index contributed by atoms with van der Waals surface area (Å²) >= 11 is 1.72. The average Bonchev–Trinajstić information content (AvgIpc) is 2.82. The zero-order valence-corrected chi connectivity index (χ0v) is 13.7. The molecule has 1 aliphatic heterocycles. The smallest absolute Gasteiger partial charge is 0.123 e. The molecule has 0 saturated carbocycles. The first-order valence-corrected chi connectivity index (χ1v) is 8.25. The van der Waals surface area contributed by atoms with Gasteiger partial charge in [0.2, 0.25) is 0 Å². The molecule has 116 valence electrons. The standard InChI is InChI=1S/C17H20N2O2S/c1-20-13-9-12(10-14(11-13)21-2)6-7-16-19-15-5-3-4-8-18-17(15)22-16/h6-7,9-11,18H,3-5,8H2,1-2H3/b7-6+. The number of nitrogens with zero attached hydrogens (tertiary/aromatic N) is 1. The zero-order valence-electron chi connectivity index (χ0n) is 12.9. The topological polar surface area (TPSA) is 43.4 Å². The fourth-order valence-corrected chi connectivity index (χ4v) is 3.40. The van der Waals surface area contributed by atoms with Crippen LogP contribution in [-0.2, 0) is 6.42 Å². The molecule has 0 aliphatic carbocycles. The van der Waals surface area contributed by atoms with Gasteiger partial charge in [0, 0.05) is 12.6 Å². The van der Waals surface area contributed by atoms with Gasteiger partial charge in [-0.15, -0.1) is 0 Å². The normalized spacial score (nSPS) is 14.3. The van der Waals surface area contributed by atoms with E-state index >= 15 is 0 Å². The molecule has 2 heterocycles. The maximum atomic E-state index is 5.29. The van der Waals surface area contributed by atoms with Gasteiger partial charge in [-0.1, -0.05) is 17.4 Å². The summed E-state index contributed by atoms with van der Waals surface area (Å²) in [5.41, 5.74) is 2.24. The van der Waals surface area contributed by atoms with Gasteiger partial charge in [0.15, 0.2) is 0 Å². The van der Waals surface area contributed by atoms with Crippen LogP contribution in [0.15, 0.2) is 18.2 Å². The van der Waals surface area contributed by atoms with Crippen LogP contribution in [0.2, 0.25) is 0 Å². The fourth-order valence-electron chi connectivity index (χ4n) is 2.46. The van der Waals surface area contributed by atoms with Crippen molar-refractivity contribution in [2.45, 2.75) is 19.3 Å². The molecule has 0 fully saturated rings. The number of ether oxygens (including phenoxy) is 2. The van der Waals surface area contributed by atoms with E-state index in [0.717, 1.165) is 35.0 Å². The van der Waals surface area contributed by atoms with Crippen molar-refractivity contribution in [1.82, 2.24) is 4.98 Å². The Morgan fingerprint density at radius 3 is 2.59 bits per heavy atom. The van der Waals surface area contributed by atoms with Crippen molar-refractivity contribution in [1.29, 1.82) is 0 Å². The second-order valence-electron chi connectivity index (χ2n) is 5.19. The Morgan fingerprint density at radius 2 is 1.86 bits per heavy atom. The summed E-state index contributed by atoms with van der Waals surface area (Å²) in [5.74, 6) is 1.58. The predicted octanol–water partition coefficient (Wildman–Crippen LogP) is 4.08. The van der Waals surface area contributed by atoms with E-state index in [0.29, 0.717) is 0 Å². The molecule has 4 nitrogen and oxygen atoms in total. The Hall–Kier alpha value is -2.01. The lowest BCUT2D eigenvalue weighted by Crippen LogP contribution is -1.96. The van der Waals surface area contributed by atoms with Gasteiger partial charge in [-0.25, -0.2) is 4.98 Å². The monoisotopic (exact) mass is 316 g/mol. The maximum absolute atomic E-state index is 5.29. The molecule has 2 aromatic rings. The van der Waals surface area contributed by atoms with Crippen LogP contribution in [0.3, 0.4) is 0 Å². The highest BCUT2D eigenvalue weighted by Gasteiger charge is 2.12. The van der Waals surface area contributed by atoms with Crippen LogP contribution in [0, 0.1) is 0 Å². The Kier molecular flexibility index (Phi) is 4.63. The fraction of sp³-hybridized carbons (Fsp3) is 0.353. The van der Waals surface area contributed by atoms with Crippen molar-refractivity contribution in [3.63, 3.8) is 0 Å². The van der Waals surface area contributed by atoms with Crippen LogP contribution in [-0.4, -0.2) is 25.7 Å². The number of aryl methyl sites for hydroxylation is 1. The summed E-state index contributed by atoms with van der Waals surface area (Å²) in [6, 6.07) is 5.83. The third kappa shape index (κ3) is 3.42. The van der Waals surface area contributed by atoms with Crippen LogP contribution in [0.25, 0.3) is 12.2 Å².